The Morgan fingerprint density at radius 3 is 2.65 bits per heavy atom. The molecular formula is C13H22N2OS. The largest absolute Gasteiger partial charge is 0.351 e. The number of unbranched alkanes of at least 4 members (excludes halogenated alkanes) is 2. The third-order valence-electron chi connectivity index (χ3n) is 2.73. The Morgan fingerprint density at radius 2 is 2.06 bits per heavy atom. The molecular weight excluding hydrogens is 232 g/mol. The lowest BCUT2D eigenvalue weighted by molar-refractivity contribution is 0.112. The Balaban J connectivity index is 2.66. The number of nitrogens with zero attached hydrogens (tertiary/aromatic N) is 2. The van der Waals surface area contributed by atoms with Crippen LogP contribution in [0.1, 0.15) is 54.9 Å². The molecule has 0 aliphatic heterocycles. The Labute approximate surface area is 108 Å². The Kier molecular flexibility index (Phi) is 6.19. The molecule has 96 valence electrons. The molecule has 1 aromatic heterocycles. The second-order valence-electron chi connectivity index (χ2n) is 4.30. The number of hydrogen-bond acceptors (Lipinski definition) is 4. The van der Waals surface area contributed by atoms with Crippen molar-refractivity contribution in [3.63, 3.8) is 0 Å². The average molecular weight is 254 g/mol. The molecule has 1 rings (SSSR count). The van der Waals surface area contributed by atoms with Crippen LogP contribution in [0.3, 0.4) is 0 Å². The van der Waals surface area contributed by atoms with Gasteiger partial charge in [0, 0.05) is 13.6 Å². The van der Waals surface area contributed by atoms with Crippen LogP contribution in [0.5, 0.6) is 0 Å². The summed E-state index contributed by atoms with van der Waals surface area (Å²) in [5, 5.41) is 0.978. The zero-order chi connectivity index (χ0) is 12.7. The van der Waals surface area contributed by atoms with Crippen molar-refractivity contribution in [2.45, 2.75) is 46.0 Å². The quantitative estimate of drug-likeness (QED) is 0.525. The molecule has 0 spiro atoms. The summed E-state index contributed by atoms with van der Waals surface area (Å²) >= 11 is 1.51. The second kappa shape index (κ2) is 7.43. The van der Waals surface area contributed by atoms with Gasteiger partial charge in [-0.05, 0) is 12.8 Å². The van der Waals surface area contributed by atoms with Gasteiger partial charge in [0.15, 0.2) is 11.4 Å². The van der Waals surface area contributed by atoms with Crippen molar-refractivity contribution in [3.05, 3.63) is 10.6 Å². The zero-order valence-corrected chi connectivity index (χ0v) is 11.8. The van der Waals surface area contributed by atoms with Gasteiger partial charge in [-0.2, -0.15) is 0 Å². The van der Waals surface area contributed by atoms with E-state index >= 15 is 0 Å². The minimum absolute atomic E-state index is 0.796. The lowest BCUT2D eigenvalue weighted by atomic mass is 10.2. The highest BCUT2D eigenvalue weighted by Gasteiger charge is 2.12. The molecule has 3 nitrogen and oxygen atoms in total. The lowest BCUT2D eigenvalue weighted by Crippen LogP contribution is -2.18. The number of aldehydes is 1. The lowest BCUT2D eigenvalue weighted by Gasteiger charge is -2.14. The van der Waals surface area contributed by atoms with Crippen molar-refractivity contribution in [2.24, 2.45) is 0 Å². The fourth-order valence-electron chi connectivity index (χ4n) is 1.72. The van der Waals surface area contributed by atoms with Crippen molar-refractivity contribution in [1.29, 1.82) is 0 Å². The molecule has 0 aliphatic carbocycles. The first-order valence-electron chi connectivity index (χ1n) is 6.38. The van der Waals surface area contributed by atoms with Crippen LogP contribution in [0.25, 0.3) is 0 Å². The summed E-state index contributed by atoms with van der Waals surface area (Å²) in [5.74, 6) is 0. The average Bonchev–Trinajstić information content (AvgIpc) is 2.73. The van der Waals surface area contributed by atoms with E-state index in [4.69, 9.17) is 0 Å². The van der Waals surface area contributed by atoms with E-state index in [9.17, 15) is 4.79 Å². The molecule has 0 atom stereocenters. The monoisotopic (exact) mass is 254 g/mol. The van der Waals surface area contributed by atoms with E-state index in [2.05, 4.69) is 30.8 Å². The maximum Gasteiger partial charge on any atom is 0.185 e. The maximum atomic E-state index is 11.0. The van der Waals surface area contributed by atoms with Gasteiger partial charge in [-0.25, -0.2) is 4.98 Å². The minimum Gasteiger partial charge on any atom is -0.351 e. The Bertz CT molecular complexity index is 349. The molecule has 1 aromatic rings. The van der Waals surface area contributed by atoms with E-state index < -0.39 is 0 Å². The summed E-state index contributed by atoms with van der Waals surface area (Å²) in [4.78, 5) is 18.5. The number of thiazole rings is 1. The fraction of sp³-hybridized carbons (Fsp3) is 0.692. The van der Waals surface area contributed by atoms with Gasteiger partial charge in [0.1, 0.15) is 0 Å². The zero-order valence-electron chi connectivity index (χ0n) is 11.0. The minimum atomic E-state index is 0.796. The van der Waals surface area contributed by atoms with E-state index in [1.807, 2.05) is 0 Å². The number of aromatic nitrogens is 1. The molecule has 0 saturated carbocycles. The normalized spacial score (nSPS) is 10.5. The van der Waals surface area contributed by atoms with Crippen LogP contribution in [0.15, 0.2) is 0 Å². The molecule has 0 amide bonds. The number of anilines is 1. The molecule has 17 heavy (non-hydrogen) atoms. The molecule has 0 radical (unpaired) electrons. The van der Waals surface area contributed by atoms with Crippen LogP contribution in [0, 0.1) is 0 Å². The van der Waals surface area contributed by atoms with Gasteiger partial charge in [-0.1, -0.05) is 44.4 Å². The van der Waals surface area contributed by atoms with E-state index in [-0.39, 0.29) is 0 Å². The summed E-state index contributed by atoms with van der Waals surface area (Å²) in [5.41, 5.74) is 0.963. The van der Waals surface area contributed by atoms with E-state index in [0.717, 1.165) is 41.4 Å². The molecule has 0 aromatic carbocycles. The SMILES string of the molecule is CCCCCN(C)c1nc(CCC)c(C=O)s1. The molecule has 0 saturated heterocycles. The van der Waals surface area contributed by atoms with Crippen molar-refractivity contribution in [1.82, 2.24) is 4.98 Å². The van der Waals surface area contributed by atoms with Gasteiger partial charge in [0.2, 0.25) is 0 Å². The first-order valence-corrected chi connectivity index (χ1v) is 7.20. The van der Waals surface area contributed by atoms with Gasteiger partial charge in [-0.15, -0.1) is 0 Å². The summed E-state index contributed by atoms with van der Waals surface area (Å²) in [6, 6.07) is 0. The van der Waals surface area contributed by atoms with Gasteiger partial charge in [0.05, 0.1) is 10.6 Å². The van der Waals surface area contributed by atoms with E-state index in [1.54, 1.807) is 0 Å². The van der Waals surface area contributed by atoms with Crippen molar-refractivity contribution in [3.8, 4) is 0 Å². The predicted molar refractivity (Wildman–Crippen MR) is 74.3 cm³/mol. The highest BCUT2D eigenvalue weighted by molar-refractivity contribution is 7.17. The first kappa shape index (κ1) is 14.2. The highest BCUT2D eigenvalue weighted by Crippen LogP contribution is 2.25. The Hall–Kier alpha value is -0.900. The molecule has 4 heteroatoms. The van der Waals surface area contributed by atoms with Gasteiger partial charge in [0.25, 0.3) is 0 Å². The van der Waals surface area contributed by atoms with Gasteiger partial charge in [-0.3, -0.25) is 4.79 Å². The van der Waals surface area contributed by atoms with Crippen LogP contribution in [-0.4, -0.2) is 24.9 Å². The summed E-state index contributed by atoms with van der Waals surface area (Å²) in [6.07, 6.45) is 6.53. The molecule has 1 heterocycles. The fourth-order valence-corrected chi connectivity index (χ4v) is 2.63. The van der Waals surface area contributed by atoms with Crippen molar-refractivity contribution in [2.75, 3.05) is 18.5 Å². The third-order valence-corrected chi connectivity index (χ3v) is 3.87. The Morgan fingerprint density at radius 1 is 1.29 bits per heavy atom. The third kappa shape index (κ3) is 4.11. The predicted octanol–water partition coefficient (Wildman–Crippen LogP) is 3.53. The summed E-state index contributed by atoms with van der Waals surface area (Å²) < 4.78 is 0. The van der Waals surface area contributed by atoms with Crippen LogP contribution in [0.4, 0.5) is 5.13 Å². The smallest absolute Gasteiger partial charge is 0.185 e. The van der Waals surface area contributed by atoms with Gasteiger partial charge < -0.3 is 4.90 Å². The molecule has 0 unspecified atom stereocenters. The second-order valence-corrected chi connectivity index (χ2v) is 5.31. The molecule has 0 aliphatic rings. The summed E-state index contributed by atoms with van der Waals surface area (Å²) in [7, 11) is 2.05. The van der Waals surface area contributed by atoms with E-state index in [0.29, 0.717) is 0 Å². The number of carbonyl (C=O) groups is 1. The number of hydrogen-bond donors (Lipinski definition) is 0. The standard InChI is InChI=1S/C13H22N2OS/c1-4-6-7-9-15(3)13-14-11(8-5-2)12(10-16)17-13/h10H,4-9H2,1-3H3. The molecule has 0 bridgehead atoms. The van der Waals surface area contributed by atoms with Crippen LogP contribution in [0.2, 0.25) is 0 Å². The van der Waals surface area contributed by atoms with Gasteiger partial charge >= 0.3 is 0 Å². The number of aryl methyl sites for hydroxylation is 1. The maximum absolute atomic E-state index is 11.0. The van der Waals surface area contributed by atoms with Crippen LogP contribution in [-0.2, 0) is 6.42 Å². The number of rotatable bonds is 8. The highest BCUT2D eigenvalue weighted by atomic mass is 32.1. The number of carbonyl (C=O) groups excluding carboxylic acids is 1. The van der Waals surface area contributed by atoms with E-state index in [1.165, 1.54) is 30.6 Å². The topological polar surface area (TPSA) is 33.2 Å². The van der Waals surface area contributed by atoms with Crippen molar-refractivity contribution >= 4 is 22.8 Å². The summed E-state index contributed by atoms with van der Waals surface area (Å²) in [6.45, 7) is 5.33. The van der Waals surface area contributed by atoms with Crippen molar-refractivity contribution < 1.29 is 4.79 Å². The molecule has 0 fully saturated rings. The van der Waals surface area contributed by atoms with Crippen LogP contribution >= 0.6 is 11.3 Å². The first-order chi connectivity index (χ1) is 8.22. The van der Waals surface area contributed by atoms with Crippen LogP contribution < -0.4 is 4.90 Å². The molecule has 0 N–H and O–H groups in total.